The molecular formula is C7H4BrClN4S. The summed E-state index contributed by atoms with van der Waals surface area (Å²) >= 11 is 10.5. The van der Waals surface area contributed by atoms with Gasteiger partial charge in [-0.05, 0) is 22.0 Å². The SMILES string of the molecule is Nc1nnc(-c2ncc(Br)cc2Cl)s1. The Hall–Kier alpha value is -0.720. The first-order valence-corrected chi connectivity index (χ1v) is 5.56. The van der Waals surface area contributed by atoms with Crippen molar-refractivity contribution in [3.63, 3.8) is 0 Å². The molecule has 0 bridgehead atoms. The quantitative estimate of drug-likeness (QED) is 0.877. The second kappa shape index (κ2) is 3.80. The van der Waals surface area contributed by atoms with Crippen molar-refractivity contribution >= 4 is 44.0 Å². The number of aromatic nitrogens is 3. The van der Waals surface area contributed by atoms with Crippen LogP contribution in [-0.2, 0) is 0 Å². The molecule has 0 atom stereocenters. The van der Waals surface area contributed by atoms with Crippen molar-refractivity contribution in [1.82, 2.24) is 15.2 Å². The summed E-state index contributed by atoms with van der Waals surface area (Å²) in [5.41, 5.74) is 6.06. The third kappa shape index (κ3) is 1.87. The lowest BCUT2D eigenvalue weighted by molar-refractivity contribution is 1.09. The van der Waals surface area contributed by atoms with Crippen LogP contribution in [0.15, 0.2) is 16.7 Å². The average Bonchev–Trinajstić information content (AvgIpc) is 2.51. The fraction of sp³-hybridized carbons (Fsp3) is 0. The lowest BCUT2D eigenvalue weighted by atomic mass is 10.4. The highest BCUT2D eigenvalue weighted by atomic mass is 79.9. The summed E-state index contributed by atoms with van der Waals surface area (Å²) in [4.78, 5) is 4.13. The van der Waals surface area contributed by atoms with E-state index in [1.165, 1.54) is 11.3 Å². The van der Waals surface area contributed by atoms with E-state index in [1.54, 1.807) is 12.3 Å². The second-order valence-corrected chi connectivity index (χ2v) is 4.76. The van der Waals surface area contributed by atoms with Crippen molar-refractivity contribution in [3.05, 3.63) is 21.8 Å². The molecule has 7 heteroatoms. The molecule has 2 aromatic heterocycles. The predicted molar refractivity (Wildman–Crippen MR) is 60.3 cm³/mol. The third-order valence-corrected chi connectivity index (χ3v) is 2.93. The van der Waals surface area contributed by atoms with Gasteiger partial charge in [-0.2, -0.15) is 0 Å². The molecule has 2 rings (SSSR count). The van der Waals surface area contributed by atoms with Gasteiger partial charge in [-0.1, -0.05) is 22.9 Å². The number of nitrogen functional groups attached to an aromatic ring is 1. The predicted octanol–water partition coefficient (Wildman–Crippen LogP) is 2.60. The van der Waals surface area contributed by atoms with Gasteiger partial charge in [0.25, 0.3) is 0 Å². The summed E-state index contributed by atoms with van der Waals surface area (Å²) in [6.07, 6.45) is 1.65. The molecule has 0 saturated heterocycles. The van der Waals surface area contributed by atoms with E-state index in [0.717, 1.165) is 4.47 Å². The lowest BCUT2D eigenvalue weighted by Crippen LogP contribution is -1.84. The molecule has 14 heavy (non-hydrogen) atoms. The van der Waals surface area contributed by atoms with Crippen LogP contribution in [0.4, 0.5) is 5.13 Å². The number of halogens is 2. The third-order valence-electron chi connectivity index (χ3n) is 1.45. The molecule has 2 aromatic rings. The van der Waals surface area contributed by atoms with Crippen molar-refractivity contribution in [1.29, 1.82) is 0 Å². The van der Waals surface area contributed by atoms with E-state index in [9.17, 15) is 0 Å². The first kappa shape index (κ1) is 9.82. The van der Waals surface area contributed by atoms with Gasteiger partial charge in [-0.25, -0.2) is 0 Å². The topological polar surface area (TPSA) is 64.7 Å². The minimum Gasteiger partial charge on any atom is -0.374 e. The molecule has 0 radical (unpaired) electrons. The van der Waals surface area contributed by atoms with Crippen LogP contribution in [0, 0.1) is 0 Å². The zero-order valence-corrected chi connectivity index (χ0v) is 9.90. The van der Waals surface area contributed by atoms with Gasteiger partial charge >= 0.3 is 0 Å². The molecule has 2 heterocycles. The number of hydrogen-bond acceptors (Lipinski definition) is 5. The van der Waals surface area contributed by atoms with Crippen molar-refractivity contribution in [2.75, 3.05) is 5.73 Å². The Bertz CT molecular complexity index is 472. The minimum absolute atomic E-state index is 0.404. The Morgan fingerprint density at radius 1 is 1.43 bits per heavy atom. The molecule has 0 aliphatic heterocycles. The number of hydrogen-bond donors (Lipinski definition) is 1. The Balaban J connectivity index is 2.52. The maximum atomic E-state index is 5.98. The summed E-state index contributed by atoms with van der Waals surface area (Å²) in [6.45, 7) is 0. The number of anilines is 1. The van der Waals surface area contributed by atoms with Crippen LogP contribution in [0.5, 0.6) is 0 Å². The number of pyridine rings is 1. The number of nitrogens with two attached hydrogens (primary N) is 1. The number of rotatable bonds is 1. The standard InChI is InChI=1S/C7H4BrClN4S/c8-3-1-4(9)5(11-2-3)6-12-13-7(10)14-6/h1-2H,(H2,10,13). The number of nitrogens with zero attached hydrogens (tertiary/aromatic N) is 3. The average molecular weight is 292 g/mol. The van der Waals surface area contributed by atoms with Gasteiger partial charge in [0.1, 0.15) is 5.69 Å². The van der Waals surface area contributed by atoms with Crippen molar-refractivity contribution in [2.24, 2.45) is 0 Å². The van der Waals surface area contributed by atoms with Crippen LogP contribution in [0.3, 0.4) is 0 Å². The highest BCUT2D eigenvalue weighted by molar-refractivity contribution is 9.10. The zero-order valence-electron chi connectivity index (χ0n) is 6.74. The molecule has 4 nitrogen and oxygen atoms in total. The van der Waals surface area contributed by atoms with Gasteiger partial charge in [-0.3, -0.25) is 4.98 Å². The van der Waals surface area contributed by atoms with Gasteiger partial charge in [-0.15, -0.1) is 10.2 Å². The highest BCUT2D eigenvalue weighted by Gasteiger charge is 2.10. The van der Waals surface area contributed by atoms with E-state index in [4.69, 9.17) is 17.3 Å². The second-order valence-electron chi connectivity index (χ2n) is 2.43. The van der Waals surface area contributed by atoms with Crippen LogP contribution in [0.2, 0.25) is 5.02 Å². The summed E-state index contributed by atoms with van der Waals surface area (Å²) < 4.78 is 0.823. The Kier molecular flexibility index (Phi) is 2.66. The molecule has 0 aromatic carbocycles. The molecule has 0 amide bonds. The van der Waals surface area contributed by atoms with E-state index in [-0.39, 0.29) is 0 Å². The van der Waals surface area contributed by atoms with Gasteiger partial charge in [0.05, 0.1) is 5.02 Å². The molecule has 0 spiro atoms. The molecule has 72 valence electrons. The maximum absolute atomic E-state index is 5.98. The van der Waals surface area contributed by atoms with E-state index < -0.39 is 0 Å². The van der Waals surface area contributed by atoms with Crippen LogP contribution in [-0.4, -0.2) is 15.2 Å². The molecule has 0 saturated carbocycles. The highest BCUT2D eigenvalue weighted by Crippen LogP contribution is 2.30. The van der Waals surface area contributed by atoms with Crippen LogP contribution in [0.1, 0.15) is 0 Å². The van der Waals surface area contributed by atoms with Crippen molar-refractivity contribution in [3.8, 4) is 10.7 Å². The summed E-state index contributed by atoms with van der Waals surface area (Å²) in [5, 5.41) is 9.10. The first-order chi connectivity index (χ1) is 6.66. The monoisotopic (exact) mass is 290 g/mol. The largest absolute Gasteiger partial charge is 0.374 e. The normalized spacial score (nSPS) is 10.4. The fourth-order valence-corrected chi connectivity index (χ4v) is 2.30. The Labute approximate surface area is 97.3 Å². The summed E-state index contributed by atoms with van der Waals surface area (Å²) in [5.74, 6) is 0. The molecular weight excluding hydrogens is 288 g/mol. The zero-order chi connectivity index (χ0) is 10.1. The Morgan fingerprint density at radius 2 is 2.21 bits per heavy atom. The fourth-order valence-electron chi connectivity index (χ4n) is 0.902. The van der Waals surface area contributed by atoms with Crippen LogP contribution < -0.4 is 5.73 Å². The summed E-state index contributed by atoms with van der Waals surface area (Å²) in [7, 11) is 0. The van der Waals surface area contributed by atoms with Gasteiger partial charge in [0, 0.05) is 10.7 Å². The summed E-state index contributed by atoms with van der Waals surface area (Å²) in [6, 6.07) is 1.75. The van der Waals surface area contributed by atoms with Gasteiger partial charge in [0.2, 0.25) is 5.13 Å². The molecule has 2 N–H and O–H groups in total. The molecule has 0 aliphatic rings. The van der Waals surface area contributed by atoms with Crippen molar-refractivity contribution < 1.29 is 0 Å². The minimum atomic E-state index is 0.404. The van der Waals surface area contributed by atoms with E-state index in [0.29, 0.717) is 20.9 Å². The molecule has 0 unspecified atom stereocenters. The molecule has 0 aliphatic carbocycles. The molecule has 0 fully saturated rings. The van der Waals surface area contributed by atoms with Crippen LogP contribution >= 0.6 is 38.9 Å². The van der Waals surface area contributed by atoms with Gasteiger partial charge in [0.15, 0.2) is 5.01 Å². The first-order valence-electron chi connectivity index (χ1n) is 3.57. The van der Waals surface area contributed by atoms with E-state index in [2.05, 4.69) is 31.1 Å². The van der Waals surface area contributed by atoms with Crippen LogP contribution in [0.25, 0.3) is 10.7 Å². The smallest absolute Gasteiger partial charge is 0.203 e. The van der Waals surface area contributed by atoms with E-state index in [1.807, 2.05) is 0 Å². The Morgan fingerprint density at radius 3 is 2.79 bits per heavy atom. The lowest BCUT2D eigenvalue weighted by Gasteiger charge is -1.97. The van der Waals surface area contributed by atoms with Gasteiger partial charge < -0.3 is 5.73 Å². The van der Waals surface area contributed by atoms with E-state index >= 15 is 0 Å². The maximum Gasteiger partial charge on any atom is 0.203 e. The van der Waals surface area contributed by atoms with Crippen molar-refractivity contribution in [2.45, 2.75) is 0 Å².